The molecule has 1 amide bonds. The second-order valence-corrected chi connectivity index (χ2v) is 6.39. The molecule has 1 atom stereocenters. The summed E-state index contributed by atoms with van der Waals surface area (Å²) in [4.78, 5) is 14.3. The summed E-state index contributed by atoms with van der Waals surface area (Å²) < 4.78 is 0. The molecule has 1 aliphatic carbocycles. The molecule has 1 saturated carbocycles. The van der Waals surface area contributed by atoms with Crippen LogP contribution in [0.3, 0.4) is 0 Å². The molecule has 3 nitrogen and oxygen atoms in total. The Balaban J connectivity index is 0.00000120. The number of nitrogens with one attached hydrogen (secondary N) is 1. The fraction of sp³-hybridized carbons (Fsp3) is 0.929. The van der Waals surface area contributed by atoms with Crippen molar-refractivity contribution in [1.82, 2.24) is 10.2 Å². The van der Waals surface area contributed by atoms with Gasteiger partial charge in [-0.05, 0) is 51.0 Å². The van der Waals surface area contributed by atoms with Crippen LogP contribution in [-0.4, -0.2) is 36.5 Å². The van der Waals surface area contributed by atoms with E-state index in [0.717, 1.165) is 37.9 Å². The van der Waals surface area contributed by atoms with Gasteiger partial charge in [-0.15, -0.1) is 12.4 Å². The van der Waals surface area contributed by atoms with Crippen molar-refractivity contribution in [3.63, 3.8) is 0 Å². The Morgan fingerprint density at radius 3 is 2.39 bits per heavy atom. The first-order valence-electron chi connectivity index (χ1n) is 7.22. The molecule has 18 heavy (non-hydrogen) atoms. The maximum Gasteiger partial charge on any atom is 0.228 e. The van der Waals surface area contributed by atoms with Crippen LogP contribution in [0.15, 0.2) is 0 Å². The third kappa shape index (κ3) is 2.67. The Morgan fingerprint density at radius 1 is 1.22 bits per heavy atom. The van der Waals surface area contributed by atoms with E-state index >= 15 is 0 Å². The number of hydrogen-bond acceptors (Lipinski definition) is 2. The highest BCUT2D eigenvalue weighted by Gasteiger charge is 2.47. The molecule has 0 aromatic rings. The molecule has 3 aliphatic rings. The van der Waals surface area contributed by atoms with E-state index in [0.29, 0.717) is 5.91 Å². The summed E-state index contributed by atoms with van der Waals surface area (Å²) in [6.07, 6.45) is 7.31. The third-order valence-corrected chi connectivity index (χ3v) is 5.01. The molecule has 0 aromatic carbocycles. The zero-order chi connectivity index (χ0) is 11.9. The molecule has 1 N–H and O–H groups in total. The van der Waals surface area contributed by atoms with Gasteiger partial charge in [-0.25, -0.2) is 0 Å². The van der Waals surface area contributed by atoms with Gasteiger partial charge in [0, 0.05) is 24.5 Å². The van der Waals surface area contributed by atoms with E-state index in [1.54, 1.807) is 0 Å². The molecule has 3 fully saturated rings. The van der Waals surface area contributed by atoms with Gasteiger partial charge in [0.25, 0.3) is 0 Å². The molecule has 0 radical (unpaired) electrons. The van der Waals surface area contributed by atoms with Crippen LogP contribution in [0.5, 0.6) is 0 Å². The highest BCUT2D eigenvalue weighted by atomic mass is 35.5. The van der Waals surface area contributed by atoms with Gasteiger partial charge < -0.3 is 10.2 Å². The SMILES string of the molecule is CC1(C(=O)N2CCC(C3CCCN3)CC2)CC1.Cl. The van der Waals surface area contributed by atoms with Gasteiger partial charge in [0.15, 0.2) is 0 Å². The maximum absolute atomic E-state index is 12.2. The summed E-state index contributed by atoms with van der Waals surface area (Å²) >= 11 is 0. The van der Waals surface area contributed by atoms with Gasteiger partial charge in [-0.2, -0.15) is 0 Å². The van der Waals surface area contributed by atoms with E-state index < -0.39 is 0 Å². The summed E-state index contributed by atoms with van der Waals surface area (Å²) in [6.45, 7) is 5.32. The number of nitrogens with zero attached hydrogens (tertiary/aromatic N) is 1. The van der Waals surface area contributed by atoms with Crippen molar-refractivity contribution in [2.24, 2.45) is 11.3 Å². The van der Waals surface area contributed by atoms with Crippen molar-refractivity contribution in [3.8, 4) is 0 Å². The molecule has 0 spiro atoms. The molecule has 2 saturated heterocycles. The minimum Gasteiger partial charge on any atom is -0.342 e. The molecule has 104 valence electrons. The smallest absolute Gasteiger partial charge is 0.228 e. The van der Waals surface area contributed by atoms with E-state index in [2.05, 4.69) is 17.1 Å². The average Bonchev–Trinajstić information content (AvgIpc) is 2.91. The lowest BCUT2D eigenvalue weighted by Gasteiger charge is -2.36. The summed E-state index contributed by atoms with van der Waals surface area (Å²) in [5, 5.41) is 3.61. The van der Waals surface area contributed by atoms with E-state index in [4.69, 9.17) is 0 Å². The van der Waals surface area contributed by atoms with Crippen LogP contribution in [-0.2, 0) is 4.79 Å². The van der Waals surface area contributed by atoms with Crippen molar-refractivity contribution in [1.29, 1.82) is 0 Å². The molecule has 0 bridgehead atoms. The van der Waals surface area contributed by atoms with Gasteiger partial charge in [-0.1, -0.05) is 6.92 Å². The lowest BCUT2D eigenvalue weighted by Crippen LogP contribution is -2.45. The molecule has 0 aromatic heterocycles. The number of carbonyl (C=O) groups excluding carboxylic acids is 1. The Kier molecular flexibility index (Phi) is 4.22. The highest BCUT2D eigenvalue weighted by Crippen LogP contribution is 2.47. The number of hydrogen-bond donors (Lipinski definition) is 1. The van der Waals surface area contributed by atoms with E-state index in [1.165, 1.54) is 32.2 Å². The van der Waals surface area contributed by atoms with Crippen molar-refractivity contribution in [2.75, 3.05) is 19.6 Å². The van der Waals surface area contributed by atoms with E-state index in [9.17, 15) is 4.79 Å². The van der Waals surface area contributed by atoms with Crippen molar-refractivity contribution in [3.05, 3.63) is 0 Å². The van der Waals surface area contributed by atoms with Gasteiger partial charge in [0.1, 0.15) is 0 Å². The number of rotatable bonds is 2. The molecular weight excluding hydrogens is 248 g/mol. The molecule has 4 heteroatoms. The van der Waals surface area contributed by atoms with Crippen LogP contribution in [0.2, 0.25) is 0 Å². The number of amides is 1. The van der Waals surface area contributed by atoms with E-state index in [-0.39, 0.29) is 17.8 Å². The summed E-state index contributed by atoms with van der Waals surface area (Å²) in [5.74, 6) is 1.24. The quantitative estimate of drug-likeness (QED) is 0.836. The monoisotopic (exact) mass is 272 g/mol. The van der Waals surface area contributed by atoms with Gasteiger partial charge >= 0.3 is 0 Å². The Labute approximate surface area is 116 Å². The van der Waals surface area contributed by atoms with Crippen molar-refractivity contribution in [2.45, 2.75) is 51.5 Å². The standard InChI is InChI=1S/C14H24N2O.ClH/c1-14(6-7-14)13(17)16-9-4-11(5-10-16)12-3-2-8-15-12;/h11-12,15H,2-10H2,1H3;1H. The fourth-order valence-corrected chi connectivity index (χ4v) is 3.40. The predicted octanol–water partition coefficient (Wildman–Crippen LogP) is 2.20. The van der Waals surface area contributed by atoms with Crippen LogP contribution >= 0.6 is 12.4 Å². The van der Waals surface area contributed by atoms with Crippen molar-refractivity contribution < 1.29 is 4.79 Å². The Hall–Kier alpha value is -0.280. The Morgan fingerprint density at radius 2 is 1.89 bits per heavy atom. The second-order valence-electron chi connectivity index (χ2n) is 6.39. The first-order valence-corrected chi connectivity index (χ1v) is 7.22. The van der Waals surface area contributed by atoms with Crippen LogP contribution in [0, 0.1) is 11.3 Å². The average molecular weight is 273 g/mol. The molecule has 3 rings (SSSR count). The van der Waals surface area contributed by atoms with Gasteiger partial charge in [-0.3, -0.25) is 4.79 Å². The van der Waals surface area contributed by atoms with E-state index in [1.807, 2.05) is 0 Å². The number of likely N-dealkylation sites (tertiary alicyclic amines) is 1. The predicted molar refractivity (Wildman–Crippen MR) is 74.9 cm³/mol. The summed E-state index contributed by atoms with van der Waals surface area (Å²) in [6, 6.07) is 0.740. The molecular formula is C14H25ClN2O. The highest BCUT2D eigenvalue weighted by molar-refractivity contribution is 5.85. The van der Waals surface area contributed by atoms with Gasteiger partial charge in [0.2, 0.25) is 5.91 Å². The maximum atomic E-state index is 12.2. The molecule has 2 heterocycles. The number of carbonyl (C=O) groups is 1. The number of halogens is 1. The largest absolute Gasteiger partial charge is 0.342 e. The molecule has 2 aliphatic heterocycles. The molecule has 1 unspecified atom stereocenters. The third-order valence-electron chi connectivity index (χ3n) is 5.01. The van der Waals surface area contributed by atoms with Crippen LogP contribution in [0.1, 0.15) is 45.4 Å². The van der Waals surface area contributed by atoms with Gasteiger partial charge in [0.05, 0.1) is 0 Å². The lowest BCUT2D eigenvalue weighted by atomic mass is 9.88. The first kappa shape index (κ1) is 14.1. The topological polar surface area (TPSA) is 32.3 Å². The second kappa shape index (κ2) is 5.38. The lowest BCUT2D eigenvalue weighted by molar-refractivity contribution is -0.137. The number of piperidine rings is 1. The zero-order valence-corrected chi connectivity index (χ0v) is 12.1. The zero-order valence-electron chi connectivity index (χ0n) is 11.3. The summed E-state index contributed by atoms with van der Waals surface area (Å²) in [7, 11) is 0. The Bertz CT molecular complexity index is 303. The van der Waals surface area contributed by atoms with Crippen LogP contribution < -0.4 is 5.32 Å². The normalized spacial score (nSPS) is 30.9. The minimum atomic E-state index is 0. The summed E-state index contributed by atoms with van der Waals surface area (Å²) in [5.41, 5.74) is 0.0262. The fourth-order valence-electron chi connectivity index (χ4n) is 3.40. The van der Waals surface area contributed by atoms with Crippen molar-refractivity contribution >= 4 is 18.3 Å². The van der Waals surface area contributed by atoms with Crippen LogP contribution in [0.25, 0.3) is 0 Å². The van der Waals surface area contributed by atoms with Crippen LogP contribution in [0.4, 0.5) is 0 Å². The minimum absolute atomic E-state index is 0. The first-order chi connectivity index (χ1) is 8.19.